The molecule has 100 valence electrons. The molecule has 2 amide bonds. The summed E-state index contributed by atoms with van der Waals surface area (Å²) in [7, 11) is 0. The average molecular weight is 250 g/mol. The SMILES string of the molecule is CC1C(=O)NC(C)(C)C(=O)N1C1CC2CCC1C2. The van der Waals surface area contributed by atoms with Crippen LogP contribution < -0.4 is 5.32 Å². The number of rotatable bonds is 1. The van der Waals surface area contributed by atoms with E-state index in [1.165, 1.54) is 19.3 Å². The van der Waals surface area contributed by atoms with Gasteiger partial charge in [0.05, 0.1) is 0 Å². The summed E-state index contributed by atoms with van der Waals surface area (Å²) in [4.78, 5) is 26.5. The Morgan fingerprint density at radius 3 is 2.50 bits per heavy atom. The Hall–Kier alpha value is -1.06. The Morgan fingerprint density at radius 1 is 1.22 bits per heavy atom. The highest BCUT2D eigenvalue weighted by molar-refractivity contribution is 5.99. The molecule has 18 heavy (non-hydrogen) atoms. The van der Waals surface area contributed by atoms with Crippen molar-refractivity contribution in [2.24, 2.45) is 11.8 Å². The lowest BCUT2D eigenvalue weighted by Gasteiger charge is -2.46. The molecule has 1 N–H and O–H groups in total. The van der Waals surface area contributed by atoms with Gasteiger partial charge in [-0.3, -0.25) is 9.59 Å². The summed E-state index contributed by atoms with van der Waals surface area (Å²) >= 11 is 0. The number of nitrogens with zero attached hydrogens (tertiary/aromatic N) is 1. The maximum Gasteiger partial charge on any atom is 0.248 e. The van der Waals surface area contributed by atoms with Crippen LogP contribution in [0.1, 0.15) is 46.5 Å². The maximum atomic E-state index is 12.6. The van der Waals surface area contributed by atoms with Crippen LogP contribution >= 0.6 is 0 Å². The monoisotopic (exact) mass is 250 g/mol. The number of hydrogen-bond acceptors (Lipinski definition) is 2. The molecule has 0 aromatic heterocycles. The average Bonchev–Trinajstić information content (AvgIpc) is 2.88. The number of fused-ring (bicyclic) bond motifs is 2. The first-order valence-corrected chi connectivity index (χ1v) is 7.05. The molecule has 0 aromatic rings. The molecule has 2 aliphatic carbocycles. The topological polar surface area (TPSA) is 49.4 Å². The van der Waals surface area contributed by atoms with E-state index in [1.807, 2.05) is 11.8 Å². The minimum Gasteiger partial charge on any atom is -0.340 e. The minimum atomic E-state index is -0.745. The quantitative estimate of drug-likeness (QED) is 0.762. The molecule has 3 fully saturated rings. The molecule has 0 spiro atoms. The van der Waals surface area contributed by atoms with Crippen molar-refractivity contribution in [3.63, 3.8) is 0 Å². The zero-order chi connectivity index (χ0) is 13.1. The first-order valence-electron chi connectivity index (χ1n) is 7.05. The van der Waals surface area contributed by atoms with Crippen molar-refractivity contribution in [3.8, 4) is 0 Å². The van der Waals surface area contributed by atoms with Crippen LogP contribution in [0.15, 0.2) is 0 Å². The van der Waals surface area contributed by atoms with Gasteiger partial charge in [0.1, 0.15) is 11.6 Å². The summed E-state index contributed by atoms with van der Waals surface area (Å²) in [6.45, 7) is 5.47. The van der Waals surface area contributed by atoms with Crippen molar-refractivity contribution >= 4 is 11.8 Å². The zero-order valence-electron chi connectivity index (χ0n) is 11.4. The van der Waals surface area contributed by atoms with Crippen molar-refractivity contribution in [2.75, 3.05) is 0 Å². The van der Waals surface area contributed by atoms with Crippen LogP contribution in [0.25, 0.3) is 0 Å². The van der Waals surface area contributed by atoms with Crippen molar-refractivity contribution in [1.82, 2.24) is 10.2 Å². The standard InChI is InChI=1S/C14H22N2O2/c1-8-12(17)15-14(2,3)13(18)16(8)11-7-9-4-5-10(11)6-9/h8-11H,4-7H2,1-3H3,(H,15,17). The van der Waals surface area contributed by atoms with E-state index in [9.17, 15) is 9.59 Å². The number of nitrogens with one attached hydrogen (secondary N) is 1. The summed E-state index contributed by atoms with van der Waals surface area (Å²) in [5.74, 6) is 1.49. The zero-order valence-corrected chi connectivity index (χ0v) is 11.4. The predicted molar refractivity (Wildman–Crippen MR) is 67.8 cm³/mol. The molecule has 3 rings (SSSR count). The van der Waals surface area contributed by atoms with Crippen LogP contribution in [-0.4, -0.2) is 34.3 Å². The first-order chi connectivity index (χ1) is 8.40. The third kappa shape index (κ3) is 1.57. The molecule has 2 bridgehead atoms. The van der Waals surface area contributed by atoms with Crippen molar-refractivity contribution in [1.29, 1.82) is 0 Å². The molecule has 0 radical (unpaired) electrons. The molecule has 4 nitrogen and oxygen atoms in total. The van der Waals surface area contributed by atoms with Gasteiger partial charge in [-0.15, -0.1) is 0 Å². The molecule has 3 aliphatic rings. The van der Waals surface area contributed by atoms with Crippen LogP contribution in [0.3, 0.4) is 0 Å². The lowest BCUT2D eigenvalue weighted by Crippen LogP contribution is -2.69. The van der Waals surface area contributed by atoms with Crippen LogP contribution in [0.5, 0.6) is 0 Å². The fourth-order valence-electron chi connectivity index (χ4n) is 4.08. The van der Waals surface area contributed by atoms with E-state index in [-0.39, 0.29) is 17.9 Å². The van der Waals surface area contributed by atoms with Gasteiger partial charge in [0.2, 0.25) is 11.8 Å². The second-order valence-corrected chi connectivity index (χ2v) is 6.74. The smallest absolute Gasteiger partial charge is 0.248 e. The molecule has 1 saturated heterocycles. The summed E-state index contributed by atoms with van der Waals surface area (Å²) in [6, 6.07) is -0.00792. The second kappa shape index (κ2) is 3.72. The van der Waals surface area contributed by atoms with Gasteiger partial charge in [-0.05, 0) is 51.9 Å². The Labute approximate surface area is 108 Å². The number of carbonyl (C=O) groups is 2. The van der Waals surface area contributed by atoms with Crippen LogP contribution in [0.2, 0.25) is 0 Å². The van der Waals surface area contributed by atoms with Crippen LogP contribution in [0, 0.1) is 11.8 Å². The lowest BCUT2D eigenvalue weighted by molar-refractivity contribution is -0.156. The van der Waals surface area contributed by atoms with Crippen LogP contribution in [-0.2, 0) is 9.59 Å². The molecular weight excluding hydrogens is 228 g/mol. The molecule has 0 aromatic carbocycles. The third-order valence-corrected chi connectivity index (χ3v) is 5.06. The van der Waals surface area contributed by atoms with E-state index in [2.05, 4.69) is 5.32 Å². The first kappa shape index (κ1) is 12.0. The Balaban J connectivity index is 1.89. The van der Waals surface area contributed by atoms with E-state index in [1.54, 1.807) is 13.8 Å². The van der Waals surface area contributed by atoms with E-state index < -0.39 is 5.54 Å². The van der Waals surface area contributed by atoms with Gasteiger partial charge in [0.15, 0.2) is 0 Å². The summed E-state index contributed by atoms with van der Waals surface area (Å²) in [5, 5.41) is 2.82. The van der Waals surface area contributed by atoms with Crippen molar-refractivity contribution in [3.05, 3.63) is 0 Å². The molecule has 4 unspecified atom stereocenters. The number of carbonyl (C=O) groups excluding carboxylic acids is 2. The molecule has 2 saturated carbocycles. The van der Waals surface area contributed by atoms with Crippen LogP contribution in [0.4, 0.5) is 0 Å². The van der Waals surface area contributed by atoms with E-state index >= 15 is 0 Å². The van der Waals surface area contributed by atoms with Gasteiger partial charge in [-0.2, -0.15) is 0 Å². The summed E-state index contributed by atoms with van der Waals surface area (Å²) < 4.78 is 0. The summed E-state index contributed by atoms with van der Waals surface area (Å²) in [6.07, 6.45) is 4.90. The Kier molecular flexibility index (Phi) is 2.48. The fraction of sp³-hybridized carbons (Fsp3) is 0.857. The Bertz CT molecular complexity index is 405. The largest absolute Gasteiger partial charge is 0.340 e. The highest BCUT2D eigenvalue weighted by Crippen LogP contribution is 2.47. The Morgan fingerprint density at radius 2 is 1.94 bits per heavy atom. The highest BCUT2D eigenvalue weighted by Gasteiger charge is 2.51. The highest BCUT2D eigenvalue weighted by atomic mass is 16.2. The number of hydrogen-bond donors (Lipinski definition) is 1. The molecule has 4 heteroatoms. The van der Waals surface area contributed by atoms with E-state index in [0.717, 1.165) is 12.3 Å². The lowest BCUT2D eigenvalue weighted by atomic mass is 9.88. The fourth-order valence-corrected chi connectivity index (χ4v) is 4.08. The van der Waals surface area contributed by atoms with E-state index in [0.29, 0.717) is 12.0 Å². The normalized spacial score (nSPS) is 42.3. The van der Waals surface area contributed by atoms with E-state index in [4.69, 9.17) is 0 Å². The van der Waals surface area contributed by atoms with Gasteiger partial charge >= 0.3 is 0 Å². The number of amides is 2. The third-order valence-electron chi connectivity index (χ3n) is 5.06. The number of piperazine rings is 1. The van der Waals surface area contributed by atoms with Gasteiger partial charge in [-0.25, -0.2) is 0 Å². The maximum absolute atomic E-state index is 12.6. The second-order valence-electron chi connectivity index (χ2n) is 6.74. The van der Waals surface area contributed by atoms with Gasteiger partial charge < -0.3 is 10.2 Å². The van der Waals surface area contributed by atoms with Gasteiger partial charge in [0.25, 0.3) is 0 Å². The predicted octanol–water partition coefficient (Wildman–Crippen LogP) is 1.30. The van der Waals surface area contributed by atoms with Gasteiger partial charge in [0, 0.05) is 6.04 Å². The summed E-state index contributed by atoms with van der Waals surface area (Å²) in [5.41, 5.74) is -0.745. The van der Waals surface area contributed by atoms with Crippen molar-refractivity contribution < 1.29 is 9.59 Å². The van der Waals surface area contributed by atoms with Crippen molar-refractivity contribution in [2.45, 2.75) is 64.1 Å². The van der Waals surface area contributed by atoms with Gasteiger partial charge in [-0.1, -0.05) is 6.42 Å². The molecular formula is C14H22N2O2. The minimum absolute atomic E-state index is 0.0117. The molecule has 4 atom stereocenters. The molecule has 1 aliphatic heterocycles. The molecule has 1 heterocycles.